The minimum atomic E-state index is 0.0102. The van der Waals surface area contributed by atoms with Crippen molar-refractivity contribution < 1.29 is 4.79 Å². The summed E-state index contributed by atoms with van der Waals surface area (Å²) in [6, 6.07) is 31.4. The Kier molecular flexibility index (Phi) is 6.83. The van der Waals surface area contributed by atoms with E-state index >= 15 is 4.79 Å². The molecule has 0 radical (unpaired) electrons. The van der Waals surface area contributed by atoms with Gasteiger partial charge in [-0.1, -0.05) is 93.8 Å². The monoisotopic (exact) mass is 665 g/mol. The smallest absolute Gasteiger partial charge is 0.226 e. The molecule has 260 valence electrons. The maximum Gasteiger partial charge on any atom is 0.226 e. The summed E-state index contributed by atoms with van der Waals surface area (Å²) in [7, 11) is 0. The van der Waals surface area contributed by atoms with E-state index in [2.05, 4.69) is 101 Å². The fraction of sp³-hybridized carbons (Fsp3) is 0.587. The SMILES string of the molecule is CC1(C)c2ccccc2-c2ccc(N3C4CCCCC4N4C5CCCC6C7CC(c8ccccc8)CCC7C(=O)N(C7CCCC3C74)C65)cc21. The molecule has 7 fully saturated rings. The number of amides is 1. The molecule has 5 aliphatic carbocycles. The zero-order chi connectivity index (χ0) is 33.3. The Morgan fingerprint density at radius 2 is 1.28 bits per heavy atom. The molecule has 3 aromatic rings. The van der Waals surface area contributed by atoms with Crippen LogP contribution < -0.4 is 4.90 Å². The molecule has 4 heteroatoms. The molecule has 3 aromatic carbocycles. The first-order valence-electron chi connectivity index (χ1n) is 20.7. The van der Waals surface area contributed by atoms with Gasteiger partial charge in [-0.2, -0.15) is 0 Å². The largest absolute Gasteiger partial charge is 0.362 e. The molecule has 11 rings (SSSR count). The molecule has 11 atom stereocenters. The van der Waals surface area contributed by atoms with Crippen molar-refractivity contribution in [3.05, 3.63) is 89.5 Å². The molecule has 3 heterocycles. The second-order valence-corrected chi connectivity index (χ2v) is 18.3. The van der Waals surface area contributed by atoms with Crippen LogP contribution in [0.5, 0.6) is 0 Å². The van der Waals surface area contributed by atoms with Crippen molar-refractivity contribution in [3.8, 4) is 11.1 Å². The molecule has 0 bridgehead atoms. The van der Waals surface area contributed by atoms with Crippen molar-refractivity contribution >= 4 is 11.6 Å². The van der Waals surface area contributed by atoms with Gasteiger partial charge in [0.25, 0.3) is 0 Å². The molecule has 11 unspecified atom stereocenters. The number of hydrogen-bond donors (Lipinski definition) is 0. The molecule has 4 nitrogen and oxygen atoms in total. The number of rotatable bonds is 2. The predicted molar refractivity (Wildman–Crippen MR) is 201 cm³/mol. The first kappa shape index (κ1) is 30.5. The van der Waals surface area contributed by atoms with Crippen LogP contribution in [0.2, 0.25) is 0 Å². The summed E-state index contributed by atoms with van der Waals surface area (Å²) in [5.41, 5.74) is 8.79. The number of anilines is 1. The Morgan fingerprint density at radius 1 is 0.580 bits per heavy atom. The summed E-state index contributed by atoms with van der Waals surface area (Å²) in [4.78, 5) is 23.9. The molecule has 3 saturated heterocycles. The molecule has 4 saturated carbocycles. The van der Waals surface area contributed by atoms with Gasteiger partial charge in [0.1, 0.15) is 0 Å². The minimum absolute atomic E-state index is 0.0102. The second-order valence-electron chi connectivity index (χ2n) is 18.3. The molecule has 50 heavy (non-hydrogen) atoms. The number of fused-ring (bicyclic) bond motifs is 9. The average Bonchev–Trinajstić information content (AvgIpc) is 3.39. The minimum Gasteiger partial charge on any atom is -0.362 e. The zero-order valence-electron chi connectivity index (χ0n) is 30.2. The number of piperidine rings is 1. The normalized spacial score (nSPS) is 39.4. The Hall–Kier alpha value is -3.11. The lowest BCUT2D eigenvalue weighted by Gasteiger charge is -2.72. The Morgan fingerprint density at radius 3 is 2.14 bits per heavy atom. The third-order valence-corrected chi connectivity index (χ3v) is 16.0. The van der Waals surface area contributed by atoms with Crippen LogP contribution in [0, 0.1) is 17.8 Å². The second kappa shape index (κ2) is 11.2. The maximum absolute atomic E-state index is 15.1. The van der Waals surface area contributed by atoms with E-state index < -0.39 is 0 Å². The first-order valence-corrected chi connectivity index (χ1v) is 20.7. The Bertz CT molecular complexity index is 1820. The lowest BCUT2D eigenvalue weighted by Crippen LogP contribution is -2.84. The van der Waals surface area contributed by atoms with Crippen molar-refractivity contribution in [3.63, 3.8) is 0 Å². The zero-order valence-corrected chi connectivity index (χ0v) is 30.2. The van der Waals surface area contributed by atoms with E-state index in [1.165, 1.54) is 111 Å². The lowest BCUT2D eigenvalue weighted by molar-refractivity contribution is -0.199. The highest BCUT2D eigenvalue weighted by atomic mass is 16.2. The van der Waals surface area contributed by atoms with Crippen LogP contribution in [0.4, 0.5) is 5.69 Å². The van der Waals surface area contributed by atoms with Crippen LogP contribution in [-0.2, 0) is 10.2 Å². The van der Waals surface area contributed by atoms with Gasteiger partial charge in [0.15, 0.2) is 0 Å². The number of nitrogens with zero attached hydrogens (tertiary/aromatic N) is 3. The van der Waals surface area contributed by atoms with E-state index in [0.29, 0.717) is 66.0 Å². The van der Waals surface area contributed by atoms with Crippen molar-refractivity contribution in [1.29, 1.82) is 0 Å². The summed E-state index contributed by atoms with van der Waals surface area (Å²) in [5.74, 6) is 2.65. The molecular weight excluding hydrogens is 611 g/mol. The van der Waals surface area contributed by atoms with E-state index in [4.69, 9.17) is 0 Å². The van der Waals surface area contributed by atoms with Gasteiger partial charge in [-0.25, -0.2) is 0 Å². The van der Waals surface area contributed by atoms with Gasteiger partial charge >= 0.3 is 0 Å². The Balaban J connectivity index is 0.989. The van der Waals surface area contributed by atoms with Crippen molar-refractivity contribution in [2.24, 2.45) is 17.8 Å². The molecule has 0 N–H and O–H groups in total. The van der Waals surface area contributed by atoms with Gasteiger partial charge in [-0.3, -0.25) is 9.69 Å². The number of hydrogen-bond acceptors (Lipinski definition) is 3. The van der Waals surface area contributed by atoms with Crippen LogP contribution in [-0.4, -0.2) is 58.0 Å². The molecule has 1 amide bonds. The van der Waals surface area contributed by atoms with Crippen molar-refractivity contribution in [2.75, 3.05) is 4.90 Å². The topological polar surface area (TPSA) is 26.8 Å². The summed E-state index contributed by atoms with van der Waals surface area (Å²) < 4.78 is 0. The molecule has 3 aliphatic heterocycles. The third-order valence-electron chi connectivity index (χ3n) is 16.0. The van der Waals surface area contributed by atoms with Crippen LogP contribution in [0.25, 0.3) is 11.1 Å². The van der Waals surface area contributed by atoms with Gasteiger partial charge in [0.2, 0.25) is 5.91 Å². The summed E-state index contributed by atoms with van der Waals surface area (Å²) in [6.45, 7) is 4.87. The Labute approximate surface area is 299 Å². The molecule has 0 spiro atoms. The van der Waals surface area contributed by atoms with Gasteiger partial charge in [-0.05, 0) is 122 Å². The van der Waals surface area contributed by atoms with E-state index in [1.807, 2.05) is 0 Å². The van der Waals surface area contributed by atoms with Gasteiger partial charge in [-0.15, -0.1) is 0 Å². The van der Waals surface area contributed by atoms with Crippen LogP contribution in [0.1, 0.15) is 120 Å². The standard InChI is InChI=1S/C46H55N3O/c1-46(2)36-16-7-6-14-31(36)32-25-23-30(27-37(32)46)47-38-17-8-9-18-39(38)48-40-19-10-15-33-35-26-29(28-12-4-3-5-13-28)22-24-34(35)45(50)49(43(33)40)42-21-11-20-41(47)44(42)48/h3-7,12-14,16,23,25,27,29,33-35,38-44H,8-11,15,17-22,24,26H2,1-2H3. The quantitative estimate of drug-likeness (QED) is 0.273. The van der Waals surface area contributed by atoms with E-state index in [0.717, 1.165) is 6.42 Å². The van der Waals surface area contributed by atoms with Gasteiger partial charge in [0.05, 0.1) is 12.1 Å². The third kappa shape index (κ3) is 4.12. The lowest BCUT2D eigenvalue weighted by atomic mass is 9.56. The van der Waals surface area contributed by atoms with Crippen LogP contribution in [0.3, 0.4) is 0 Å². The highest BCUT2D eigenvalue weighted by Crippen LogP contribution is 2.58. The first-order chi connectivity index (χ1) is 24.5. The van der Waals surface area contributed by atoms with E-state index in [1.54, 1.807) is 0 Å². The summed E-state index contributed by atoms with van der Waals surface area (Å²) in [6.07, 6.45) is 16.5. The summed E-state index contributed by atoms with van der Waals surface area (Å²) in [5, 5.41) is 0. The average molecular weight is 666 g/mol. The highest BCUT2D eigenvalue weighted by molar-refractivity contribution is 5.83. The number of carbonyl (C=O) groups excluding carboxylic acids is 1. The maximum atomic E-state index is 15.1. The summed E-state index contributed by atoms with van der Waals surface area (Å²) >= 11 is 0. The highest BCUT2D eigenvalue weighted by Gasteiger charge is 2.65. The number of benzene rings is 3. The van der Waals surface area contributed by atoms with Crippen LogP contribution in [0.15, 0.2) is 72.8 Å². The van der Waals surface area contributed by atoms with E-state index in [-0.39, 0.29) is 11.3 Å². The molecule has 8 aliphatic rings. The predicted octanol–water partition coefficient (Wildman–Crippen LogP) is 9.31. The number of piperazine rings is 2. The molecular formula is C46H55N3O. The number of carbonyl (C=O) groups is 1. The van der Waals surface area contributed by atoms with Crippen LogP contribution >= 0.6 is 0 Å². The van der Waals surface area contributed by atoms with Crippen molar-refractivity contribution in [1.82, 2.24) is 9.80 Å². The fourth-order valence-electron chi connectivity index (χ4n) is 14.2. The molecule has 0 aromatic heterocycles. The fourth-order valence-corrected chi connectivity index (χ4v) is 14.2. The van der Waals surface area contributed by atoms with Gasteiger partial charge < -0.3 is 9.80 Å². The van der Waals surface area contributed by atoms with E-state index in [9.17, 15) is 0 Å². The van der Waals surface area contributed by atoms with Crippen molar-refractivity contribution in [2.45, 2.75) is 151 Å². The van der Waals surface area contributed by atoms with Gasteiger partial charge in [0, 0.05) is 47.2 Å².